The summed E-state index contributed by atoms with van der Waals surface area (Å²) in [5.74, 6) is 0.960. The SMILES string of the molecule is CC1=C(c2cccc3oc(C)cc23)N2CCN=C2S1. The highest BCUT2D eigenvalue weighted by molar-refractivity contribution is 8.17. The number of amidine groups is 1. The van der Waals surface area contributed by atoms with Crippen LogP contribution in [-0.4, -0.2) is 23.2 Å². The van der Waals surface area contributed by atoms with E-state index in [-0.39, 0.29) is 0 Å². The summed E-state index contributed by atoms with van der Waals surface area (Å²) in [5.41, 5.74) is 3.52. The molecule has 4 heteroatoms. The van der Waals surface area contributed by atoms with Gasteiger partial charge in [-0.15, -0.1) is 0 Å². The van der Waals surface area contributed by atoms with Gasteiger partial charge in [-0.3, -0.25) is 4.99 Å². The maximum atomic E-state index is 5.74. The first-order valence-corrected chi connectivity index (χ1v) is 7.26. The molecular weight excluding hydrogens is 256 g/mol. The van der Waals surface area contributed by atoms with Gasteiger partial charge in [0.25, 0.3) is 0 Å². The van der Waals surface area contributed by atoms with Gasteiger partial charge in [0.1, 0.15) is 11.3 Å². The van der Waals surface area contributed by atoms with Crippen molar-refractivity contribution in [3.05, 3.63) is 40.5 Å². The Morgan fingerprint density at radius 1 is 1.32 bits per heavy atom. The van der Waals surface area contributed by atoms with Crippen LogP contribution in [0.25, 0.3) is 16.7 Å². The zero-order valence-electron chi connectivity index (χ0n) is 10.9. The smallest absolute Gasteiger partial charge is 0.168 e. The number of hydrogen-bond donors (Lipinski definition) is 0. The molecule has 0 bridgehead atoms. The van der Waals surface area contributed by atoms with E-state index in [1.807, 2.05) is 13.0 Å². The van der Waals surface area contributed by atoms with Gasteiger partial charge in [0.15, 0.2) is 5.17 Å². The minimum atomic E-state index is 0.902. The highest BCUT2D eigenvalue weighted by Gasteiger charge is 2.31. The lowest BCUT2D eigenvalue weighted by Gasteiger charge is -2.17. The number of aliphatic imine (C=N–C) groups is 1. The molecule has 1 aromatic heterocycles. The van der Waals surface area contributed by atoms with E-state index in [1.54, 1.807) is 11.8 Å². The molecule has 1 aromatic carbocycles. The molecule has 0 radical (unpaired) electrons. The van der Waals surface area contributed by atoms with Crippen LogP contribution < -0.4 is 0 Å². The molecule has 0 unspecified atom stereocenters. The summed E-state index contributed by atoms with van der Waals surface area (Å²) in [6.45, 7) is 6.06. The topological polar surface area (TPSA) is 28.7 Å². The second-order valence-electron chi connectivity index (χ2n) is 4.90. The van der Waals surface area contributed by atoms with Gasteiger partial charge in [0, 0.05) is 22.4 Å². The second-order valence-corrected chi connectivity index (χ2v) is 6.08. The molecule has 0 aliphatic carbocycles. The summed E-state index contributed by atoms with van der Waals surface area (Å²) >= 11 is 1.78. The molecule has 0 saturated carbocycles. The highest BCUT2D eigenvalue weighted by Crippen LogP contribution is 2.43. The number of rotatable bonds is 1. The van der Waals surface area contributed by atoms with Gasteiger partial charge < -0.3 is 9.32 Å². The maximum Gasteiger partial charge on any atom is 0.168 e. The highest BCUT2D eigenvalue weighted by atomic mass is 32.2. The van der Waals surface area contributed by atoms with E-state index in [4.69, 9.17) is 4.42 Å². The standard InChI is InChI=1S/C15H14N2OS/c1-9-8-12-11(4-3-5-13(12)18-9)14-10(2)19-15-16-6-7-17(14)15/h3-5,8H,6-7H2,1-2H3. The molecule has 0 amide bonds. The Bertz CT molecular complexity index is 742. The van der Waals surface area contributed by atoms with E-state index in [2.05, 4.69) is 35.0 Å². The number of furan rings is 1. The van der Waals surface area contributed by atoms with Gasteiger partial charge >= 0.3 is 0 Å². The number of fused-ring (bicyclic) bond motifs is 2. The third-order valence-electron chi connectivity index (χ3n) is 3.59. The van der Waals surface area contributed by atoms with Crippen LogP contribution in [0.15, 0.2) is 38.6 Å². The molecule has 3 nitrogen and oxygen atoms in total. The van der Waals surface area contributed by atoms with Gasteiger partial charge in [-0.25, -0.2) is 0 Å². The first-order chi connectivity index (χ1) is 9.24. The molecule has 96 valence electrons. The summed E-state index contributed by atoms with van der Waals surface area (Å²) < 4.78 is 5.74. The zero-order chi connectivity index (χ0) is 13.0. The Balaban J connectivity index is 1.95. The van der Waals surface area contributed by atoms with Crippen LogP contribution in [0.1, 0.15) is 18.2 Å². The van der Waals surface area contributed by atoms with Gasteiger partial charge in [0.2, 0.25) is 0 Å². The van der Waals surface area contributed by atoms with Crippen molar-refractivity contribution in [1.82, 2.24) is 4.90 Å². The van der Waals surface area contributed by atoms with E-state index in [0.717, 1.165) is 29.6 Å². The number of hydrogen-bond acceptors (Lipinski definition) is 4. The average molecular weight is 270 g/mol. The minimum Gasteiger partial charge on any atom is -0.461 e. The van der Waals surface area contributed by atoms with Crippen molar-refractivity contribution in [1.29, 1.82) is 0 Å². The fourth-order valence-corrected chi connectivity index (χ4v) is 3.87. The monoisotopic (exact) mass is 270 g/mol. The van der Waals surface area contributed by atoms with E-state index < -0.39 is 0 Å². The minimum absolute atomic E-state index is 0.902. The second kappa shape index (κ2) is 3.90. The van der Waals surface area contributed by atoms with Crippen LogP contribution in [-0.2, 0) is 0 Å². The zero-order valence-corrected chi connectivity index (χ0v) is 11.8. The Morgan fingerprint density at radius 2 is 2.21 bits per heavy atom. The van der Waals surface area contributed by atoms with Crippen molar-refractivity contribution in [3.63, 3.8) is 0 Å². The van der Waals surface area contributed by atoms with Crippen molar-refractivity contribution in [2.75, 3.05) is 13.1 Å². The molecule has 2 aromatic rings. The van der Waals surface area contributed by atoms with Crippen molar-refractivity contribution in [3.8, 4) is 0 Å². The number of allylic oxidation sites excluding steroid dienone is 1. The molecule has 0 atom stereocenters. The van der Waals surface area contributed by atoms with Crippen LogP contribution >= 0.6 is 11.8 Å². The summed E-state index contributed by atoms with van der Waals surface area (Å²) in [5, 5.41) is 2.34. The van der Waals surface area contributed by atoms with Crippen LogP contribution in [0, 0.1) is 6.92 Å². The number of aryl methyl sites for hydroxylation is 1. The Kier molecular flexibility index (Phi) is 2.30. The van der Waals surface area contributed by atoms with Gasteiger partial charge in [-0.05, 0) is 26.0 Å². The predicted octanol–water partition coefficient (Wildman–Crippen LogP) is 3.85. The molecule has 2 aliphatic heterocycles. The third-order valence-corrected chi connectivity index (χ3v) is 4.62. The van der Waals surface area contributed by atoms with E-state index >= 15 is 0 Å². The molecule has 19 heavy (non-hydrogen) atoms. The summed E-state index contributed by atoms with van der Waals surface area (Å²) in [6, 6.07) is 8.40. The van der Waals surface area contributed by atoms with Crippen LogP contribution in [0.3, 0.4) is 0 Å². The molecule has 0 N–H and O–H groups in total. The summed E-state index contributed by atoms with van der Waals surface area (Å²) in [4.78, 5) is 8.20. The fourth-order valence-electron chi connectivity index (χ4n) is 2.83. The van der Waals surface area contributed by atoms with Crippen molar-refractivity contribution < 1.29 is 4.42 Å². The average Bonchev–Trinajstić information content (AvgIpc) is 3.01. The quantitative estimate of drug-likeness (QED) is 0.788. The van der Waals surface area contributed by atoms with Gasteiger partial charge in [0.05, 0.1) is 12.2 Å². The molecule has 0 spiro atoms. The first-order valence-electron chi connectivity index (χ1n) is 6.44. The Hall–Kier alpha value is -1.68. The normalized spacial score (nSPS) is 18.4. The van der Waals surface area contributed by atoms with E-state index in [9.17, 15) is 0 Å². The van der Waals surface area contributed by atoms with Crippen LogP contribution in [0.5, 0.6) is 0 Å². The maximum absolute atomic E-state index is 5.74. The third kappa shape index (κ3) is 1.56. The number of benzene rings is 1. The van der Waals surface area contributed by atoms with E-state index in [0.29, 0.717) is 0 Å². The van der Waals surface area contributed by atoms with Crippen molar-refractivity contribution in [2.45, 2.75) is 13.8 Å². The van der Waals surface area contributed by atoms with Crippen LogP contribution in [0.2, 0.25) is 0 Å². The van der Waals surface area contributed by atoms with Crippen molar-refractivity contribution in [2.24, 2.45) is 4.99 Å². The molecule has 0 saturated heterocycles. The lowest BCUT2D eigenvalue weighted by molar-refractivity contribution is 0.578. The summed E-state index contributed by atoms with van der Waals surface area (Å²) in [7, 11) is 0. The Morgan fingerprint density at radius 3 is 3.11 bits per heavy atom. The predicted molar refractivity (Wildman–Crippen MR) is 80.1 cm³/mol. The fraction of sp³-hybridized carbons (Fsp3) is 0.267. The molecule has 0 fully saturated rings. The first kappa shape index (κ1) is 11.2. The molecule has 4 rings (SSSR count). The van der Waals surface area contributed by atoms with Crippen molar-refractivity contribution >= 4 is 33.6 Å². The lowest BCUT2D eigenvalue weighted by atomic mass is 10.1. The van der Waals surface area contributed by atoms with Gasteiger partial charge in [-0.2, -0.15) is 0 Å². The lowest BCUT2D eigenvalue weighted by Crippen LogP contribution is -2.20. The summed E-state index contributed by atoms with van der Waals surface area (Å²) in [6.07, 6.45) is 0. The Labute approximate surface area is 116 Å². The number of thioether (sulfide) groups is 1. The number of nitrogens with zero attached hydrogens (tertiary/aromatic N) is 2. The van der Waals surface area contributed by atoms with E-state index in [1.165, 1.54) is 21.6 Å². The molecular formula is C15H14N2OS. The van der Waals surface area contributed by atoms with Gasteiger partial charge in [-0.1, -0.05) is 23.9 Å². The molecule has 2 aliphatic rings. The van der Waals surface area contributed by atoms with Crippen LogP contribution in [0.4, 0.5) is 0 Å². The molecule has 3 heterocycles. The largest absolute Gasteiger partial charge is 0.461 e.